The van der Waals surface area contributed by atoms with Gasteiger partial charge in [-0.05, 0) is 49.0 Å². The SMILES string of the molecule is CC1CC1CN1CCCC(C(C)(C)C)C1. The molecular weight excluding hydrogens is 182 g/mol. The van der Waals surface area contributed by atoms with E-state index in [0.29, 0.717) is 5.41 Å². The Morgan fingerprint density at radius 3 is 2.47 bits per heavy atom. The Morgan fingerprint density at radius 1 is 1.27 bits per heavy atom. The van der Waals surface area contributed by atoms with Crippen LogP contribution in [0.15, 0.2) is 0 Å². The van der Waals surface area contributed by atoms with Crippen molar-refractivity contribution in [3.8, 4) is 0 Å². The molecule has 3 atom stereocenters. The zero-order valence-electron chi connectivity index (χ0n) is 10.9. The van der Waals surface area contributed by atoms with Crippen LogP contribution in [-0.2, 0) is 0 Å². The van der Waals surface area contributed by atoms with Crippen LogP contribution in [0, 0.1) is 23.2 Å². The van der Waals surface area contributed by atoms with Crippen LogP contribution in [0.5, 0.6) is 0 Å². The van der Waals surface area contributed by atoms with Gasteiger partial charge in [0.1, 0.15) is 0 Å². The van der Waals surface area contributed by atoms with E-state index in [9.17, 15) is 0 Å². The lowest BCUT2D eigenvalue weighted by Crippen LogP contribution is -2.41. The Bertz CT molecular complexity index is 216. The summed E-state index contributed by atoms with van der Waals surface area (Å²) in [6, 6.07) is 0. The van der Waals surface area contributed by atoms with Crippen molar-refractivity contribution in [2.75, 3.05) is 19.6 Å². The lowest BCUT2D eigenvalue weighted by atomic mass is 9.76. The fraction of sp³-hybridized carbons (Fsp3) is 1.00. The van der Waals surface area contributed by atoms with Crippen LogP contribution in [0.1, 0.15) is 47.0 Å². The molecule has 1 saturated heterocycles. The third-order valence-corrected chi connectivity index (χ3v) is 4.50. The molecule has 0 radical (unpaired) electrons. The summed E-state index contributed by atoms with van der Waals surface area (Å²) in [5, 5.41) is 0. The highest BCUT2D eigenvalue weighted by Gasteiger charge is 2.36. The van der Waals surface area contributed by atoms with Crippen molar-refractivity contribution < 1.29 is 0 Å². The molecule has 3 unspecified atom stereocenters. The zero-order chi connectivity index (χ0) is 11.1. The van der Waals surface area contributed by atoms with Crippen molar-refractivity contribution in [1.82, 2.24) is 4.90 Å². The lowest BCUT2D eigenvalue weighted by molar-refractivity contribution is 0.0950. The molecule has 2 rings (SSSR count). The average Bonchev–Trinajstić information content (AvgIpc) is 2.81. The largest absolute Gasteiger partial charge is 0.303 e. The first-order valence-electron chi connectivity index (χ1n) is 6.69. The van der Waals surface area contributed by atoms with Crippen molar-refractivity contribution in [2.45, 2.75) is 47.0 Å². The standard InChI is InChI=1S/C14H27N/c1-11-8-12(11)9-15-7-5-6-13(10-15)14(2,3)4/h11-13H,5-10H2,1-4H3. The summed E-state index contributed by atoms with van der Waals surface area (Å²) in [4.78, 5) is 2.73. The lowest BCUT2D eigenvalue weighted by Gasteiger charge is -2.39. The zero-order valence-corrected chi connectivity index (χ0v) is 10.9. The summed E-state index contributed by atoms with van der Waals surface area (Å²) in [5.74, 6) is 2.96. The number of hydrogen-bond donors (Lipinski definition) is 0. The summed E-state index contributed by atoms with van der Waals surface area (Å²) >= 11 is 0. The second-order valence-corrected chi connectivity index (χ2v) is 6.94. The summed E-state index contributed by atoms with van der Waals surface area (Å²) in [5.41, 5.74) is 0.508. The van der Waals surface area contributed by atoms with Gasteiger partial charge >= 0.3 is 0 Å². The van der Waals surface area contributed by atoms with Gasteiger partial charge in [0.05, 0.1) is 0 Å². The molecule has 0 amide bonds. The van der Waals surface area contributed by atoms with Crippen LogP contribution in [0.25, 0.3) is 0 Å². The maximum atomic E-state index is 2.73. The fourth-order valence-electron chi connectivity index (χ4n) is 2.91. The van der Waals surface area contributed by atoms with Gasteiger partial charge in [0.2, 0.25) is 0 Å². The topological polar surface area (TPSA) is 3.24 Å². The van der Waals surface area contributed by atoms with Gasteiger partial charge < -0.3 is 4.90 Å². The third-order valence-electron chi connectivity index (χ3n) is 4.50. The van der Waals surface area contributed by atoms with Gasteiger partial charge in [-0.3, -0.25) is 0 Å². The summed E-state index contributed by atoms with van der Waals surface area (Å²) in [7, 11) is 0. The van der Waals surface area contributed by atoms with Gasteiger partial charge in [-0.25, -0.2) is 0 Å². The third kappa shape index (κ3) is 2.96. The van der Waals surface area contributed by atoms with Crippen molar-refractivity contribution in [1.29, 1.82) is 0 Å². The molecule has 0 bridgehead atoms. The minimum absolute atomic E-state index is 0.508. The van der Waals surface area contributed by atoms with E-state index in [1.54, 1.807) is 0 Å². The molecule has 0 N–H and O–H groups in total. The monoisotopic (exact) mass is 209 g/mol. The fourth-order valence-corrected chi connectivity index (χ4v) is 2.91. The van der Waals surface area contributed by atoms with Crippen molar-refractivity contribution >= 4 is 0 Å². The van der Waals surface area contributed by atoms with Gasteiger partial charge in [0.15, 0.2) is 0 Å². The Morgan fingerprint density at radius 2 is 1.93 bits per heavy atom. The molecule has 1 aliphatic carbocycles. The highest BCUT2D eigenvalue weighted by atomic mass is 15.1. The predicted molar refractivity (Wildman–Crippen MR) is 65.9 cm³/mol. The summed E-state index contributed by atoms with van der Waals surface area (Å²) < 4.78 is 0. The maximum absolute atomic E-state index is 2.73. The highest BCUT2D eigenvalue weighted by Crippen LogP contribution is 2.40. The van der Waals surface area contributed by atoms with E-state index >= 15 is 0 Å². The molecule has 1 heterocycles. The molecule has 2 fully saturated rings. The second kappa shape index (κ2) is 4.08. The molecule has 2 aliphatic rings. The average molecular weight is 209 g/mol. The van der Waals surface area contributed by atoms with Crippen LogP contribution >= 0.6 is 0 Å². The summed E-state index contributed by atoms with van der Waals surface area (Å²) in [6.07, 6.45) is 4.35. The smallest absolute Gasteiger partial charge is 0.00148 e. The van der Waals surface area contributed by atoms with Crippen molar-refractivity contribution in [2.24, 2.45) is 23.2 Å². The van der Waals surface area contributed by atoms with Crippen molar-refractivity contribution in [3.63, 3.8) is 0 Å². The van der Waals surface area contributed by atoms with Gasteiger partial charge in [0, 0.05) is 13.1 Å². The van der Waals surface area contributed by atoms with E-state index in [1.807, 2.05) is 0 Å². The van der Waals surface area contributed by atoms with E-state index in [2.05, 4.69) is 32.6 Å². The first-order chi connectivity index (χ1) is 6.97. The molecule has 1 nitrogen and oxygen atoms in total. The molecule has 0 aromatic heterocycles. The number of nitrogens with zero attached hydrogens (tertiary/aromatic N) is 1. The first-order valence-corrected chi connectivity index (χ1v) is 6.69. The normalized spacial score (nSPS) is 38.0. The number of piperidine rings is 1. The summed E-state index contributed by atoms with van der Waals surface area (Å²) in [6.45, 7) is 13.7. The quantitative estimate of drug-likeness (QED) is 0.674. The van der Waals surface area contributed by atoms with Crippen LogP contribution in [0.4, 0.5) is 0 Å². The van der Waals surface area contributed by atoms with E-state index in [4.69, 9.17) is 0 Å². The Hall–Kier alpha value is -0.0400. The van der Waals surface area contributed by atoms with Crippen LogP contribution < -0.4 is 0 Å². The number of hydrogen-bond acceptors (Lipinski definition) is 1. The van der Waals surface area contributed by atoms with Crippen LogP contribution in [0.3, 0.4) is 0 Å². The maximum Gasteiger partial charge on any atom is 0.00148 e. The van der Waals surface area contributed by atoms with Gasteiger partial charge in [0.25, 0.3) is 0 Å². The van der Waals surface area contributed by atoms with E-state index in [1.165, 1.54) is 38.9 Å². The molecule has 88 valence electrons. The Kier molecular flexibility index (Phi) is 3.12. The van der Waals surface area contributed by atoms with Gasteiger partial charge in [-0.15, -0.1) is 0 Å². The van der Waals surface area contributed by atoms with E-state index < -0.39 is 0 Å². The van der Waals surface area contributed by atoms with E-state index in [-0.39, 0.29) is 0 Å². The second-order valence-electron chi connectivity index (χ2n) is 6.94. The minimum Gasteiger partial charge on any atom is -0.303 e. The van der Waals surface area contributed by atoms with Gasteiger partial charge in [-0.2, -0.15) is 0 Å². The molecule has 15 heavy (non-hydrogen) atoms. The van der Waals surface area contributed by atoms with Crippen molar-refractivity contribution in [3.05, 3.63) is 0 Å². The molecule has 1 heteroatoms. The number of likely N-dealkylation sites (tertiary alicyclic amines) is 1. The number of rotatable bonds is 2. The molecule has 1 saturated carbocycles. The van der Waals surface area contributed by atoms with Gasteiger partial charge in [-0.1, -0.05) is 27.7 Å². The van der Waals surface area contributed by atoms with E-state index in [0.717, 1.165) is 17.8 Å². The van der Waals surface area contributed by atoms with Crippen LogP contribution in [0.2, 0.25) is 0 Å². The predicted octanol–water partition coefficient (Wildman–Crippen LogP) is 3.40. The minimum atomic E-state index is 0.508. The Labute approximate surface area is 95.2 Å². The molecular formula is C14H27N. The molecule has 1 aliphatic heterocycles. The first kappa shape index (κ1) is 11.4. The molecule has 0 aromatic carbocycles. The van der Waals surface area contributed by atoms with Crippen LogP contribution in [-0.4, -0.2) is 24.5 Å². The highest BCUT2D eigenvalue weighted by molar-refractivity contribution is 4.88. The molecule has 0 spiro atoms. The molecule has 0 aromatic rings. The Balaban J connectivity index is 1.82.